The van der Waals surface area contributed by atoms with Gasteiger partial charge in [0.2, 0.25) is 0 Å². The van der Waals surface area contributed by atoms with Gasteiger partial charge in [0.1, 0.15) is 5.69 Å². The van der Waals surface area contributed by atoms with Crippen molar-refractivity contribution in [2.45, 2.75) is 82.3 Å². The summed E-state index contributed by atoms with van der Waals surface area (Å²) in [7, 11) is 0. The number of nitrogens with one attached hydrogen (secondary N) is 1. The van der Waals surface area contributed by atoms with Crippen LogP contribution in [0.15, 0.2) is 12.1 Å². The van der Waals surface area contributed by atoms with Crippen LogP contribution < -0.4 is 5.32 Å². The molecule has 4 nitrogen and oxygen atoms in total. The normalized spacial score (nSPS) is 25.9. The number of aromatic nitrogens is 1. The van der Waals surface area contributed by atoms with Crippen LogP contribution in [-0.4, -0.2) is 29.1 Å². The minimum Gasteiger partial charge on any atom is -0.375 e. The van der Waals surface area contributed by atoms with E-state index < -0.39 is 0 Å². The molecule has 1 aliphatic heterocycles. The highest BCUT2D eigenvalue weighted by Gasteiger charge is 2.39. The summed E-state index contributed by atoms with van der Waals surface area (Å²) in [4.78, 5) is 17.3. The van der Waals surface area contributed by atoms with Gasteiger partial charge in [0.05, 0.1) is 5.60 Å². The Hall–Kier alpha value is -1.42. The highest BCUT2D eigenvalue weighted by Crippen LogP contribution is 2.38. The van der Waals surface area contributed by atoms with Crippen molar-refractivity contribution in [1.29, 1.82) is 0 Å². The first kappa shape index (κ1) is 16.1. The number of aryl methyl sites for hydroxylation is 2. The summed E-state index contributed by atoms with van der Waals surface area (Å²) in [6, 6.07) is 4.22. The summed E-state index contributed by atoms with van der Waals surface area (Å²) in [5, 5.41) is 3.23. The molecule has 1 saturated carbocycles. The lowest BCUT2D eigenvalue weighted by Crippen LogP contribution is -2.49. The fraction of sp³-hybridized carbons (Fsp3) is 0.700. The number of hydrogen-bond donors (Lipinski definition) is 1. The minimum absolute atomic E-state index is 0.0127. The molecule has 4 rings (SSSR count). The smallest absolute Gasteiger partial charge is 0.270 e. The molecule has 1 aromatic heterocycles. The van der Waals surface area contributed by atoms with Crippen LogP contribution in [0.25, 0.3) is 0 Å². The van der Waals surface area contributed by atoms with Crippen molar-refractivity contribution < 1.29 is 9.53 Å². The van der Waals surface area contributed by atoms with Crippen molar-refractivity contribution in [3.05, 3.63) is 29.1 Å². The van der Waals surface area contributed by atoms with Gasteiger partial charge >= 0.3 is 0 Å². The zero-order chi connectivity index (χ0) is 16.4. The first-order valence-corrected chi connectivity index (χ1v) is 9.68. The summed E-state index contributed by atoms with van der Waals surface area (Å²) in [6.45, 7) is 0.766. The van der Waals surface area contributed by atoms with Crippen molar-refractivity contribution >= 4 is 5.91 Å². The van der Waals surface area contributed by atoms with Crippen LogP contribution in [0.5, 0.6) is 0 Å². The summed E-state index contributed by atoms with van der Waals surface area (Å²) >= 11 is 0. The number of rotatable bonds is 2. The maximum atomic E-state index is 12.7. The predicted octanol–water partition coefficient (Wildman–Crippen LogP) is 3.57. The van der Waals surface area contributed by atoms with Crippen molar-refractivity contribution in [2.24, 2.45) is 0 Å². The van der Waals surface area contributed by atoms with Crippen molar-refractivity contribution in [3.8, 4) is 0 Å². The molecular formula is C20H28N2O2. The lowest BCUT2D eigenvalue weighted by Gasteiger charge is -2.43. The fourth-order valence-corrected chi connectivity index (χ4v) is 4.66. The Morgan fingerprint density at radius 2 is 1.96 bits per heavy atom. The lowest BCUT2D eigenvalue weighted by molar-refractivity contribution is -0.107. The highest BCUT2D eigenvalue weighted by molar-refractivity contribution is 5.92. The van der Waals surface area contributed by atoms with Crippen LogP contribution in [0.2, 0.25) is 0 Å². The minimum atomic E-state index is -0.0127. The number of carbonyl (C=O) groups excluding carboxylic acids is 1. The Kier molecular flexibility index (Phi) is 4.57. The molecule has 1 spiro atoms. The first-order chi connectivity index (χ1) is 11.7. The van der Waals surface area contributed by atoms with Gasteiger partial charge in [-0.3, -0.25) is 4.79 Å². The first-order valence-electron chi connectivity index (χ1n) is 9.68. The van der Waals surface area contributed by atoms with E-state index in [4.69, 9.17) is 4.74 Å². The molecule has 1 amide bonds. The van der Waals surface area contributed by atoms with Crippen LogP contribution in [0.4, 0.5) is 0 Å². The fourth-order valence-electron chi connectivity index (χ4n) is 4.66. The summed E-state index contributed by atoms with van der Waals surface area (Å²) in [5.74, 6) is -0.0127. The van der Waals surface area contributed by atoms with Gasteiger partial charge in [0.25, 0.3) is 5.91 Å². The van der Waals surface area contributed by atoms with Gasteiger partial charge in [-0.15, -0.1) is 0 Å². The van der Waals surface area contributed by atoms with Crippen LogP contribution in [0.3, 0.4) is 0 Å². The van der Waals surface area contributed by atoms with Gasteiger partial charge in [-0.2, -0.15) is 0 Å². The van der Waals surface area contributed by atoms with Crippen molar-refractivity contribution in [2.75, 3.05) is 6.61 Å². The molecule has 1 saturated heterocycles. The Morgan fingerprint density at radius 1 is 1.12 bits per heavy atom. The van der Waals surface area contributed by atoms with Crippen LogP contribution >= 0.6 is 0 Å². The molecule has 1 N–H and O–H groups in total. The zero-order valence-corrected chi connectivity index (χ0v) is 14.5. The van der Waals surface area contributed by atoms with Gasteiger partial charge < -0.3 is 10.1 Å². The zero-order valence-electron chi connectivity index (χ0n) is 14.5. The number of nitrogens with zero attached hydrogens (tertiary/aromatic N) is 1. The van der Waals surface area contributed by atoms with E-state index in [-0.39, 0.29) is 17.6 Å². The second-order valence-corrected chi connectivity index (χ2v) is 7.76. The summed E-state index contributed by atoms with van der Waals surface area (Å²) < 4.78 is 6.13. The highest BCUT2D eigenvalue weighted by atomic mass is 16.5. The van der Waals surface area contributed by atoms with Crippen LogP contribution in [0.1, 0.15) is 79.5 Å². The van der Waals surface area contributed by atoms with Gasteiger partial charge in [0.15, 0.2) is 0 Å². The Balaban J connectivity index is 1.42. The Labute approximate surface area is 144 Å². The molecule has 2 aliphatic carbocycles. The average molecular weight is 328 g/mol. The second-order valence-electron chi connectivity index (χ2n) is 7.76. The molecular weight excluding hydrogens is 300 g/mol. The summed E-state index contributed by atoms with van der Waals surface area (Å²) in [6.07, 6.45) is 12.6. The van der Waals surface area contributed by atoms with Crippen LogP contribution in [0, 0.1) is 0 Å². The number of carbonyl (C=O) groups is 1. The van der Waals surface area contributed by atoms with Crippen LogP contribution in [-0.2, 0) is 17.6 Å². The third kappa shape index (κ3) is 3.34. The number of hydrogen-bond acceptors (Lipinski definition) is 3. The van der Waals surface area contributed by atoms with Gasteiger partial charge in [-0.1, -0.05) is 25.3 Å². The quantitative estimate of drug-likeness (QED) is 0.903. The van der Waals surface area contributed by atoms with E-state index in [1.807, 2.05) is 6.07 Å². The average Bonchev–Trinajstić information content (AvgIpc) is 2.62. The molecule has 1 aromatic rings. The van der Waals surface area contributed by atoms with E-state index in [1.165, 1.54) is 37.7 Å². The van der Waals surface area contributed by atoms with E-state index in [0.29, 0.717) is 5.69 Å². The Morgan fingerprint density at radius 3 is 2.83 bits per heavy atom. The number of ether oxygens (including phenoxy) is 1. The van der Waals surface area contributed by atoms with Crippen molar-refractivity contribution in [1.82, 2.24) is 10.3 Å². The molecule has 130 valence electrons. The molecule has 4 heteroatoms. The Bertz CT molecular complexity index is 602. The monoisotopic (exact) mass is 328 g/mol. The molecule has 2 heterocycles. The van der Waals surface area contributed by atoms with Gasteiger partial charge in [-0.25, -0.2) is 4.98 Å². The topological polar surface area (TPSA) is 51.2 Å². The molecule has 2 fully saturated rings. The van der Waals surface area contributed by atoms with Gasteiger partial charge in [-0.05, 0) is 63.0 Å². The molecule has 1 unspecified atom stereocenters. The molecule has 0 radical (unpaired) electrons. The van der Waals surface area contributed by atoms with E-state index in [0.717, 1.165) is 50.8 Å². The van der Waals surface area contributed by atoms with Gasteiger partial charge in [0, 0.05) is 18.3 Å². The van der Waals surface area contributed by atoms with E-state index in [2.05, 4.69) is 16.4 Å². The summed E-state index contributed by atoms with van der Waals surface area (Å²) in [5.41, 5.74) is 3.06. The largest absolute Gasteiger partial charge is 0.375 e. The van der Waals surface area contributed by atoms with E-state index in [9.17, 15) is 4.79 Å². The van der Waals surface area contributed by atoms with E-state index in [1.54, 1.807) is 0 Å². The molecule has 24 heavy (non-hydrogen) atoms. The van der Waals surface area contributed by atoms with Crippen molar-refractivity contribution in [3.63, 3.8) is 0 Å². The predicted molar refractivity (Wildman–Crippen MR) is 93.1 cm³/mol. The molecule has 0 aromatic carbocycles. The van der Waals surface area contributed by atoms with E-state index >= 15 is 0 Å². The molecule has 1 atom stereocenters. The number of pyridine rings is 1. The molecule has 3 aliphatic rings. The maximum Gasteiger partial charge on any atom is 0.270 e. The number of fused-ring (bicyclic) bond motifs is 1. The maximum absolute atomic E-state index is 12.7. The third-order valence-corrected chi connectivity index (χ3v) is 6.00. The standard InChI is InChI=1S/C20H28N2O2/c23-19(18-9-8-15-6-2-3-7-17(15)22-18)21-16-10-13-24-20(14-16)11-4-1-5-12-20/h8-9,16H,1-7,10-14H2,(H,21,23). The third-order valence-electron chi connectivity index (χ3n) is 6.00. The lowest BCUT2D eigenvalue weighted by atomic mass is 9.78. The SMILES string of the molecule is O=C(NC1CCOC2(CCCCC2)C1)c1ccc2c(n1)CCCC2. The molecule has 0 bridgehead atoms. The second kappa shape index (κ2) is 6.83. The number of amides is 1.